The van der Waals surface area contributed by atoms with Crippen LogP contribution >= 0.6 is 0 Å². The van der Waals surface area contributed by atoms with E-state index < -0.39 is 0 Å². The van der Waals surface area contributed by atoms with Crippen molar-refractivity contribution in [1.29, 1.82) is 0 Å². The molecule has 0 aliphatic carbocycles. The van der Waals surface area contributed by atoms with Crippen LogP contribution in [0.3, 0.4) is 0 Å². The summed E-state index contributed by atoms with van der Waals surface area (Å²) < 4.78 is 3.63. The van der Waals surface area contributed by atoms with Gasteiger partial charge in [-0.2, -0.15) is 5.10 Å². The van der Waals surface area contributed by atoms with E-state index in [9.17, 15) is 14.4 Å². The molecule has 1 fully saturated rings. The number of carbonyl (C=O) groups excluding carboxylic acids is 3. The van der Waals surface area contributed by atoms with E-state index in [2.05, 4.69) is 22.2 Å². The molecule has 1 saturated heterocycles. The van der Waals surface area contributed by atoms with Crippen LogP contribution in [0.4, 0.5) is 5.69 Å². The molecule has 2 aromatic heterocycles. The second-order valence-corrected chi connectivity index (χ2v) is 10.7. The zero-order valence-corrected chi connectivity index (χ0v) is 24.3. The quantitative estimate of drug-likeness (QED) is 0.299. The fraction of sp³-hybridized carbons (Fsp3) is 0.375. The van der Waals surface area contributed by atoms with Gasteiger partial charge in [0, 0.05) is 55.4 Å². The third-order valence-electron chi connectivity index (χ3n) is 7.92. The lowest BCUT2D eigenvalue weighted by atomic mass is 10.1. The van der Waals surface area contributed by atoms with Crippen LogP contribution in [0.1, 0.15) is 58.7 Å². The zero-order valence-electron chi connectivity index (χ0n) is 24.3. The predicted molar refractivity (Wildman–Crippen MR) is 161 cm³/mol. The molecule has 2 amide bonds. The van der Waals surface area contributed by atoms with Crippen LogP contribution in [0.2, 0.25) is 0 Å². The van der Waals surface area contributed by atoms with Crippen molar-refractivity contribution in [2.75, 3.05) is 38.0 Å². The van der Waals surface area contributed by atoms with Gasteiger partial charge in [-0.1, -0.05) is 25.5 Å². The highest BCUT2D eigenvalue weighted by molar-refractivity contribution is 6.13. The number of likely N-dealkylation sites (N-methyl/N-ethyl adjacent to an activating group) is 1. The smallest absolute Gasteiger partial charge is 0.257 e. The Bertz CT molecular complexity index is 1570. The van der Waals surface area contributed by atoms with Crippen molar-refractivity contribution >= 4 is 34.2 Å². The summed E-state index contributed by atoms with van der Waals surface area (Å²) in [7, 11) is 0. The fourth-order valence-electron chi connectivity index (χ4n) is 5.47. The lowest BCUT2D eigenvalue weighted by Gasteiger charge is -2.34. The van der Waals surface area contributed by atoms with Gasteiger partial charge in [-0.05, 0) is 63.2 Å². The number of fused-ring (bicyclic) bond motifs is 1. The van der Waals surface area contributed by atoms with Gasteiger partial charge in [0.2, 0.25) is 5.91 Å². The Morgan fingerprint density at radius 2 is 1.66 bits per heavy atom. The van der Waals surface area contributed by atoms with E-state index in [-0.39, 0.29) is 24.1 Å². The molecule has 0 unspecified atom stereocenters. The van der Waals surface area contributed by atoms with Crippen LogP contribution in [-0.4, -0.2) is 74.5 Å². The van der Waals surface area contributed by atoms with E-state index >= 15 is 0 Å². The number of nitrogens with zero attached hydrogens (tertiary/aromatic N) is 5. The maximum atomic E-state index is 13.5. The van der Waals surface area contributed by atoms with Crippen molar-refractivity contribution in [3.8, 4) is 5.69 Å². The lowest BCUT2D eigenvalue weighted by molar-refractivity contribution is -0.133. The Kier molecular flexibility index (Phi) is 8.35. The van der Waals surface area contributed by atoms with E-state index in [1.165, 1.54) is 0 Å². The number of anilines is 1. The van der Waals surface area contributed by atoms with Gasteiger partial charge in [-0.3, -0.25) is 14.4 Å². The Labute approximate surface area is 240 Å². The molecular formula is C32H38N6O3. The number of hydrogen-bond donors (Lipinski definition) is 1. The van der Waals surface area contributed by atoms with E-state index in [0.29, 0.717) is 23.2 Å². The summed E-state index contributed by atoms with van der Waals surface area (Å²) in [5.74, 6) is -0.0802. The highest BCUT2D eigenvalue weighted by Gasteiger charge is 2.23. The minimum atomic E-state index is -0.237. The first kappa shape index (κ1) is 28.3. The molecule has 9 nitrogen and oxygen atoms in total. The zero-order chi connectivity index (χ0) is 29.1. The number of ketones is 1. The molecule has 9 heteroatoms. The minimum Gasteiger partial charge on any atom is -0.339 e. The van der Waals surface area contributed by atoms with Crippen LogP contribution in [-0.2, 0) is 11.3 Å². The van der Waals surface area contributed by atoms with Gasteiger partial charge in [-0.15, -0.1) is 0 Å². The minimum absolute atomic E-state index is 0.0641. The molecule has 5 rings (SSSR count). The summed E-state index contributed by atoms with van der Waals surface area (Å²) in [5.41, 5.74) is 5.31. The van der Waals surface area contributed by atoms with Crippen molar-refractivity contribution in [2.24, 2.45) is 0 Å². The predicted octanol–water partition coefficient (Wildman–Crippen LogP) is 4.84. The number of hydrogen-bond acceptors (Lipinski definition) is 5. The molecule has 1 aliphatic heterocycles. The fourth-order valence-corrected chi connectivity index (χ4v) is 5.47. The average molecular weight is 555 g/mol. The van der Waals surface area contributed by atoms with Gasteiger partial charge in [0.05, 0.1) is 28.7 Å². The summed E-state index contributed by atoms with van der Waals surface area (Å²) in [6, 6.07) is 13.4. The standard InChI is InChI=1S/C32H38N6O3/c1-5-7-30(39)27-19-33-38(23(27)4)25-11-9-24(10-12-25)34-32(41)28-20-37(29-13-8-22(3)18-26(28)29)21-31(40)36-16-14-35(6-2)15-17-36/h8-13,18-20H,5-7,14-17,21H2,1-4H3,(H,34,41). The molecule has 214 valence electrons. The van der Waals surface area contributed by atoms with Crippen molar-refractivity contribution in [3.63, 3.8) is 0 Å². The molecule has 0 radical (unpaired) electrons. The molecule has 1 N–H and O–H groups in total. The first-order valence-electron chi connectivity index (χ1n) is 14.4. The van der Waals surface area contributed by atoms with Gasteiger partial charge in [-0.25, -0.2) is 4.68 Å². The molecule has 3 heterocycles. The van der Waals surface area contributed by atoms with Crippen LogP contribution in [0, 0.1) is 13.8 Å². The highest BCUT2D eigenvalue weighted by Crippen LogP contribution is 2.25. The normalized spacial score (nSPS) is 14.0. The van der Waals surface area contributed by atoms with Gasteiger partial charge in [0.1, 0.15) is 6.54 Å². The molecule has 0 saturated carbocycles. The number of rotatable bonds is 9. The van der Waals surface area contributed by atoms with Gasteiger partial charge in [0.15, 0.2) is 5.78 Å². The van der Waals surface area contributed by atoms with Crippen LogP contribution in [0.25, 0.3) is 16.6 Å². The summed E-state index contributed by atoms with van der Waals surface area (Å²) in [6.45, 7) is 12.4. The van der Waals surface area contributed by atoms with Crippen LogP contribution < -0.4 is 5.32 Å². The second kappa shape index (κ2) is 12.1. The molecule has 0 bridgehead atoms. The number of aromatic nitrogens is 3. The van der Waals surface area contributed by atoms with E-state index in [4.69, 9.17) is 0 Å². The topological polar surface area (TPSA) is 92.5 Å². The third kappa shape index (κ3) is 5.95. The van der Waals surface area contributed by atoms with Crippen molar-refractivity contribution in [3.05, 3.63) is 77.2 Å². The Morgan fingerprint density at radius 1 is 0.927 bits per heavy atom. The maximum absolute atomic E-state index is 13.5. The van der Waals surface area contributed by atoms with Gasteiger partial charge < -0.3 is 19.7 Å². The van der Waals surface area contributed by atoms with Crippen LogP contribution in [0.15, 0.2) is 54.9 Å². The molecule has 0 spiro atoms. The summed E-state index contributed by atoms with van der Waals surface area (Å²) in [5, 5.41) is 8.24. The number of piperazine rings is 1. The van der Waals surface area contributed by atoms with E-state index in [0.717, 1.165) is 67.0 Å². The Balaban J connectivity index is 1.33. The largest absolute Gasteiger partial charge is 0.339 e. The monoisotopic (exact) mass is 554 g/mol. The Hall–Kier alpha value is -4.24. The van der Waals surface area contributed by atoms with Crippen molar-refractivity contribution < 1.29 is 14.4 Å². The van der Waals surface area contributed by atoms with Gasteiger partial charge in [0.25, 0.3) is 5.91 Å². The molecule has 4 aromatic rings. The summed E-state index contributed by atoms with van der Waals surface area (Å²) >= 11 is 0. The number of amides is 2. The molecule has 41 heavy (non-hydrogen) atoms. The number of aryl methyl sites for hydroxylation is 1. The van der Waals surface area contributed by atoms with E-state index in [1.807, 2.05) is 72.7 Å². The second-order valence-electron chi connectivity index (χ2n) is 10.7. The molecular weight excluding hydrogens is 516 g/mol. The number of carbonyl (C=O) groups is 3. The highest BCUT2D eigenvalue weighted by atomic mass is 16.2. The summed E-state index contributed by atoms with van der Waals surface area (Å²) in [6.07, 6.45) is 4.70. The number of benzene rings is 2. The first-order chi connectivity index (χ1) is 19.8. The van der Waals surface area contributed by atoms with Crippen molar-refractivity contribution in [2.45, 2.75) is 47.1 Å². The maximum Gasteiger partial charge on any atom is 0.257 e. The van der Waals surface area contributed by atoms with E-state index in [1.54, 1.807) is 17.1 Å². The number of nitrogens with one attached hydrogen (secondary N) is 1. The number of Topliss-reactive ketones (excluding diaryl/α,β-unsaturated/α-hetero) is 1. The molecule has 2 aromatic carbocycles. The van der Waals surface area contributed by atoms with Crippen LogP contribution in [0.5, 0.6) is 0 Å². The average Bonchev–Trinajstić information content (AvgIpc) is 3.53. The Morgan fingerprint density at radius 3 is 2.34 bits per heavy atom. The first-order valence-corrected chi connectivity index (χ1v) is 14.4. The summed E-state index contributed by atoms with van der Waals surface area (Å²) in [4.78, 5) is 43.3. The van der Waals surface area contributed by atoms with Gasteiger partial charge >= 0.3 is 0 Å². The van der Waals surface area contributed by atoms with Crippen molar-refractivity contribution in [1.82, 2.24) is 24.1 Å². The third-order valence-corrected chi connectivity index (χ3v) is 7.92. The molecule has 0 atom stereocenters. The lowest BCUT2D eigenvalue weighted by Crippen LogP contribution is -2.49. The molecule has 1 aliphatic rings. The SMILES string of the molecule is CCCC(=O)c1cnn(-c2ccc(NC(=O)c3cn(CC(=O)N4CCN(CC)CC4)c4ccc(C)cc34)cc2)c1C.